The first-order valence-electron chi connectivity index (χ1n) is 9.00. The Labute approximate surface area is 152 Å². The Kier molecular flexibility index (Phi) is 5.92. The number of nitrogens with zero attached hydrogens (tertiary/aromatic N) is 5. The molecule has 0 radical (unpaired) electrons. The van der Waals surface area contributed by atoms with Crippen LogP contribution in [-0.4, -0.2) is 57.7 Å². The van der Waals surface area contributed by atoms with E-state index in [0.717, 1.165) is 38.0 Å². The number of aryl methyl sites for hydroxylation is 1. The Hall–Kier alpha value is -2.35. The molecule has 2 heterocycles. The number of tetrazole rings is 1. The van der Waals surface area contributed by atoms with Gasteiger partial charge in [-0.1, -0.05) is 12.1 Å². The van der Waals surface area contributed by atoms with Crippen LogP contribution in [0.1, 0.15) is 30.3 Å². The number of hydrogen-bond acceptors (Lipinski definition) is 5. The van der Waals surface area contributed by atoms with Gasteiger partial charge >= 0.3 is 0 Å². The van der Waals surface area contributed by atoms with Crippen LogP contribution in [0.3, 0.4) is 0 Å². The van der Waals surface area contributed by atoms with E-state index < -0.39 is 6.04 Å². The lowest BCUT2D eigenvalue weighted by atomic mass is 9.96. The number of piperidine rings is 1. The van der Waals surface area contributed by atoms with Crippen molar-refractivity contribution < 1.29 is 9.18 Å². The Morgan fingerprint density at radius 2 is 2.15 bits per heavy atom. The Morgan fingerprint density at radius 3 is 2.81 bits per heavy atom. The van der Waals surface area contributed by atoms with Crippen LogP contribution in [0.15, 0.2) is 24.3 Å². The fourth-order valence-corrected chi connectivity index (χ4v) is 3.58. The molecule has 1 aromatic heterocycles. The van der Waals surface area contributed by atoms with Crippen molar-refractivity contribution in [2.45, 2.75) is 32.2 Å². The van der Waals surface area contributed by atoms with Crippen LogP contribution < -0.4 is 5.32 Å². The van der Waals surface area contributed by atoms with E-state index in [1.54, 1.807) is 23.7 Å². The molecule has 8 heteroatoms. The lowest BCUT2D eigenvalue weighted by Gasteiger charge is -2.35. The third kappa shape index (κ3) is 4.24. The van der Waals surface area contributed by atoms with Gasteiger partial charge in [0.15, 0.2) is 0 Å². The van der Waals surface area contributed by atoms with Crippen LogP contribution in [0.4, 0.5) is 4.39 Å². The van der Waals surface area contributed by atoms with Crippen molar-refractivity contribution in [2.24, 2.45) is 5.92 Å². The number of benzene rings is 1. The van der Waals surface area contributed by atoms with Gasteiger partial charge in [0, 0.05) is 19.5 Å². The van der Waals surface area contributed by atoms with Gasteiger partial charge in [0.2, 0.25) is 5.91 Å². The zero-order valence-corrected chi connectivity index (χ0v) is 15.2. The minimum Gasteiger partial charge on any atom is -0.341 e. The molecule has 1 saturated heterocycles. The van der Waals surface area contributed by atoms with Gasteiger partial charge in [-0.05, 0) is 67.4 Å². The monoisotopic (exact) mass is 360 g/mol. The smallest absolute Gasteiger partial charge is 0.247 e. The summed E-state index contributed by atoms with van der Waals surface area (Å²) in [5.74, 6) is 0.778. The highest BCUT2D eigenvalue weighted by Crippen LogP contribution is 2.22. The minimum absolute atomic E-state index is 0.0190. The summed E-state index contributed by atoms with van der Waals surface area (Å²) in [5, 5.41) is 14.8. The topological polar surface area (TPSA) is 75.9 Å². The quantitative estimate of drug-likeness (QED) is 0.842. The zero-order valence-electron chi connectivity index (χ0n) is 15.2. The number of aromatic nitrogens is 4. The van der Waals surface area contributed by atoms with Crippen molar-refractivity contribution in [3.63, 3.8) is 0 Å². The summed E-state index contributed by atoms with van der Waals surface area (Å²) in [7, 11) is 1.93. The molecule has 0 bridgehead atoms. The molecule has 1 fully saturated rings. The Morgan fingerprint density at radius 1 is 1.38 bits per heavy atom. The number of carbonyl (C=O) groups is 1. The number of halogens is 1. The summed E-state index contributed by atoms with van der Waals surface area (Å²) >= 11 is 0. The second-order valence-corrected chi connectivity index (χ2v) is 6.87. The van der Waals surface area contributed by atoms with Crippen LogP contribution >= 0.6 is 0 Å². The number of hydrogen-bond donors (Lipinski definition) is 1. The number of amides is 1. The van der Waals surface area contributed by atoms with E-state index in [0.29, 0.717) is 18.2 Å². The summed E-state index contributed by atoms with van der Waals surface area (Å²) in [6.07, 6.45) is 2.55. The highest BCUT2D eigenvalue weighted by atomic mass is 19.1. The summed E-state index contributed by atoms with van der Waals surface area (Å²) in [6.45, 7) is 4.17. The van der Waals surface area contributed by atoms with E-state index in [-0.39, 0.29) is 11.7 Å². The van der Waals surface area contributed by atoms with Crippen molar-refractivity contribution >= 4 is 5.91 Å². The lowest BCUT2D eigenvalue weighted by molar-refractivity contribution is -0.137. The molecule has 7 nitrogen and oxygen atoms in total. The Balaban J connectivity index is 1.81. The standard InChI is InChI=1S/C18H25FN6O/c1-13-21-22-23-25(13)17(10-14-5-7-16(19)8-6-14)18(26)24-9-3-4-15(12-24)11-20-2/h5-8,15,17,20H,3-4,9-12H2,1-2H3. The second-order valence-electron chi connectivity index (χ2n) is 6.87. The molecule has 1 N–H and O–H groups in total. The molecule has 1 aliphatic heterocycles. The number of rotatable bonds is 6. The third-order valence-electron chi connectivity index (χ3n) is 4.90. The molecule has 0 aliphatic carbocycles. The maximum atomic E-state index is 13.3. The number of carbonyl (C=O) groups excluding carboxylic acids is 1. The van der Waals surface area contributed by atoms with Crippen LogP contribution in [0.2, 0.25) is 0 Å². The largest absolute Gasteiger partial charge is 0.341 e. The molecule has 2 atom stereocenters. The van der Waals surface area contributed by atoms with E-state index in [1.165, 1.54) is 12.1 Å². The molecule has 0 spiro atoms. The molecule has 1 amide bonds. The van der Waals surface area contributed by atoms with Gasteiger partial charge in [0.05, 0.1) is 0 Å². The van der Waals surface area contributed by atoms with Gasteiger partial charge in [-0.25, -0.2) is 9.07 Å². The maximum Gasteiger partial charge on any atom is 0.247 e. The highest BCUT2D eigenvalue weighted by Gasteiger charge is 2.31. The second kappa shape index (κ2) is 8.35. The van der Waals surface area contributed by atoms with Crippen molar-refractivity contribution in [3.05, 3.63) is 41.5 Å². The third-order valence-corrected chi connectivity index (χ3v) is 4.90. The summed E-state index contributed by atoms with van der Waals surface area (Å²) < 4.78 is 14.8. The van der Waals surface area contributed by atoms with E-state index in [1.807, 2.05) is 11.9 Å². The molecule has 3 rings (SSSR count). The fourth-order valence-electron chi connectivity index (χ4n) is 3.58. The molecular weight excluding hydrogens is 335 g/mol. The first-order chi connectivity index (χ1) is 12.6. The zero-order chi connectivity index (χ0) is 18.5. The molecule has 140 valence electrons. The van der Waals surface area contributed by atoms with Crippen LogP contribution in [0.5, 0.6) is 0 Å². The minimum atomic E-state index is -0.524. The van der Waals surface area contributed by atoms with Crippen LogP contribution in [0, 0.1) is 18.7 Å². The van der Waals surface area contributed by atoms with Gasteiger partial charge in [0.1, 0.15) is 17.7 Å². The van der Waals surface area contributed by atoms with E-state index in [4.69, 9.17) is 0 Å². The first-order valence-corrected chi connectivity index (χ1v) is 9.00. The molecular formula is C18H25FN6O. The SMILES string of the molecule is CNCC1CCCN(C(=O)C(Cc2ccc(F)cc2)n2nnnc2C)C1. The van der Waals surface area contributed by atoms with Gasteiger partial charge in [-0.15, -0.1) is 5.10 Å². The van der Waals surface area contributed by atoms with E-state index in [9.17, 15) is 9.18 Å². The molecule has 1 aliphatic rings. The van der Waals surface area contributed by atoms with E-state index in [2.05, 4.69) is 20.8 Å². The Bertz CT molecular complexity index is 730. The number of nitrogens with one attached hydrogen (secondary N) is 1. The molecule has 2 aromatic rings. The van der Waals surface area contributed by atoms with Gasteiger partial charge in [0.25, 0.3) is 0 Å². The average molecular weight is 360 g/mol. The summed E-state index contributed by atoms with van der Waals surface area (Å²) in [6, 6.07) is 5.70. The predicted octanol–water partition coefficient (Wildman–Crippen LogP) is 1.36. The first kappa shape index (κ1) is 18.4. The van der Waals surface area contributed by atoms with Crippen molar-refractivity contribution in [3.8, 4) is 0 Å². The van der Waals surface area contributed by atoms with Crippen molar-refractivity contribution in [1.82, 2.24) is 30.4 Å². The van der Waals surface area contributed by atoms with Gasteiger partial charge < -0.3 is 10.2 Å². The molecule has 1 aromatic carbocycles. The van der Waals surface area contributed by atoms with E-state index >= 15 is 0 Å². The normalized spacial score (nSPS) is 18.7. The lowest BCUT2D eigenvalue weighted by Crippen LogP contribution is -2.46. The number of likely N-dealkylation sites (tertiary alicyclic amines) is 1. The van der Waals surface area contributed by atoms with Gasteiger partial charge in [-0.2, -0.15) is 0 Å². The molecule has 26 heavy (non-hydrogen) atoms. The summed E-state index contributed by atoms with van der Waals surface area (Å²) in [5.41, 5.74) is 0.878. The predicted molar refractivity (Wildman–Crippen MR) is 94.9 cm³/mol. The maximum absolute atomic E-state index is 13.3. The van der Waals surface area contributed by atoms with Crippen molar-refractivity contribution in [2.75, 3.05) is 26.7 Å². The van der Waals surface area contributed by atoms with Crippen LogP contribution in [0.25, 0.3) is 0 Å². The molecule has 2 unspecified atom stereocenters. The molecule has 0 saturated carbocycles. The fraction of sp³-hybridized carbons (Fsp3) is 0.556. The average Bonchev–Trinajstić information content (AvgIpc) is 3.07. The highest BCUT2D eigenvalue weighted by molar-refractivity contribution is 5.81. The van der Waals surface area contributed by atoms with Crippen molar-refractivity contribution in [1.29, 1.82) is 0 Å². The summed E-state index contributed by atoms with van der Waals surface area (Å²) in [4.78, 5) is 15.2. The van der Waals surface area contributed by atoms with Crippen LogP contribution in [-0.2, 0) is 11.2 Å². The van der Waals surface area contributed by atoms with Gasteiger partial charge in [-0.3, -0.25) is 4.79 Å².